The topological polar surface area (TPSA) is 80.4 Å². The van der Waals surface area contributed by atoms with Crippen LogP contribution in [0.1, 0.15) is 0 Å². The highest BCUT2D eigenvalue weighted by Gasteiger charge is 2.12. The summed E-state index contributed by atoms with van der Waals surface area (Å²) in [4.78, 5) is 19.6. The minimum absolute atomic E-state index is 0.557. The largest absolute Gasteiger partial charge is 0.395 e. The lowest BCUT2D eigenvalue weighted by molar-refractivity contribution is -0.120. The number of rotatable bonds is 3. The molecule has 0 saturated carbocycles. The summed E-state index contributed by atoms with van der Waals surface area (Å²) in [6.07, 6.45) is 1.28. The molecule has 0 heterocycles. The fraction of sp³-hybridized carbons (Fsp3) is 0.500. The zero-order valence-corrected chi connectivity index (χ0v) is 4.13. The average Bonchev–Trinajstić information content (AvgIpc) is 1.69. The molecule has 4 nitrogen and oxygen atoms in total. The van der Waals surface area contributed by atoms with Gasteiger partial charge in [-0.3, -0.25) is 9.59 Å². The first-order chi connectivity index (χ1) is 3.72. The normalized spacial score (nSPS) is 12.6. The Kier molecular flexibility index (Phi) is 2.79. The van der Waals surface area contributed by atoms with E-state index in [9.17, 15) is 9.59 Å². The molecule has 0 bridgehead atoms. The van der Waals surface area contributed by atoms with Crippen LogP contribution in [0.25, 0.3) is 0 Å². The number of hydrogen-bond acceptors (Lipinski definition) is 3. The van der Waals surface area contributed by atoms with Gasteiger partial charge in [0.15, 0.2) is 0 Å². The summed E-state index contributed by atoms with van der Waals surface area (Å²) in [5, 5.41) is 8.13. The van der Waals surface area contributed by atoms with Crippen molar-refractivity contribution in [2.45, 2.75) is 0 Å². The van der Waals surface area contributed by atoms with Crippen LogP contribution in [-0.2, 0) is 9.59 Å². The second kappa shape index (κ2) is 3.15. The van der Waals surface area contributed by atoms with Crippen molar-refractivity contribution in [3.63, 3.8) is 0 Å². The van der Waals surface area contributed by atoms with Crippen LogP contribution >= 0.6 is 0 Å². The zero-order valence-electron chi connectivity index (χ0n) is 4.13. The molecule has 1 radical (unpaired) electrons. The summed E-state index contributed by atoms with van der Waals surface area (Å²) < 4.78 is 0. The molecular formula is C4H6NO3. The number of carbonyl (C=O) groups is 1. The standard InChI is InChI=1S/C4H6NO3/c5-4(8)3(1-6)2-7/h3,6H,1H2,(H2,5,8). The van der Waals surface area contributed by atoms with E-state index in [1.165, 1.54) is 6.29 Å². The lowest BCUT2D eigenvalue weighted by atomic mass is 10.2. The lowest BCUT2D eigenvalue weighted by Gasteiger charge is -1.95. The molecule has 0 aromatic carbocycles. The highest BCUT2D eigenvalue weighted by Crippen LogP contribution is 1.84. The molecule has 8 heavy (non-hydrogen) atoms. The fourth-order valence-electron chi connectivity index (χ4n) is 0.185. The summed E-state index contributed by atoms with van der Waals surface area (Å²) in [5.74, 6) is -2.00. The van der Waals surface area contributed by atoms with Gasteiger partial charge in [-0.15, -0.1) is 0 Å². The fourth-order valence-corrected chi connectivity index (χ4v) is 0.185. The molecule has 0 fully saturated rings. The molecule has 0 aliphatic heterocycles. The predicted octanol–water partition coefficient (Wildman–Crippen LogP) is -1.81. The Morgan fingerprint density at radius 1 is 1.88 bits per heavy atom. The van der Waals surface area contributed by atoms with E-state index in [-0.39, 0.29) is 0 Å². The van der Waals surface area contributed by atoms with Gasteiger partial charge in [0, 0.05) is 0 Å². The van der Waals surface area contributed by atoms with Crippen LogP contribution in [0.3, 0.4) is 0 Å². The van der Waals surface area contributed by atoms with Crippen molar-refractivity contribution in [1.82, 2.24) is 0 Å². The number of hydrogen-bond donors (Lipinski definition) is 2. The molecule has 0 aromatic heterocycles. The van der Waals surface area contributed by atoms with Gasteiger partial charge >= 0.3 is 0 Å². The van der Waals surface area contributed by atoms with Crippen LogP contribution < -0.4 is 5.73 Å². The number of aliphatic hydroxyl groups excluding tert-OH is 1. The van der Waals surface area contributed by atoms with Crippen molar-refractivity contribution in [2.75, 3.05) is 6.61 Å². The van der Waals surface area contributed by atoms with Crippen LogP contribution in [0.2, 0.25) is 0 Å². The van der Waals surface area contributed by atoms with Crippen molar-refractivity contribution in [3.05, 3.63) is 0 Å². The lowest BCUT2D eigenvalue weighted by Crippen LogP contribution is -2.26. The maximum absolute atomic E-state index is 9.96. The van der Waals surface area contributed by atoms with Crippen LogP contribution in [0.5, 0.6) is 0 Å². The molecule has 1 unspecified atom stereocenters. The smallest absolute Gasteiger partial charge is 0.230 e. The Morgan fingerprint density at radius 2 is 2.38 bits per heavy atom. The molecule has 0 spiro atoms. The number of nitrogens with two attached hydrogens (primary N) is 1. The zero-order chi connectivity index (χ0) is 6.57. The predicted molar refractivity (Wildman–Crippen MR) is 25.5 cm³/mol. The van der Waals surface area contributed by atoms with Crippen LogP contribution in [0.15, 0.2) is 0 Å². The van der Waals surface area contributed by atoms with E-state index in [0.717, 1.165) is 0 Å². The quantitative estimate of drug-likeness (QED) is 0.426. The third-order valence-corrected chi connectivity index (χ3v) is 0.668. The highest BCUT2D eigenvalue weighted by molar-refractivity contribution is 5.90. The molecule has 0 aromatic rings. The number of primary amides is 1. The van der Waals surface area contributed by atoms with Gasteiger partial charge in [0.2, 0.25) is 12.2 Å². The van der Waals surface area contributed by atoms with Gasteiger partial charge in [-0.1, -0.05) is 0 Å². The summed E-state index contributed by atoms with van der Waals surface area (Å²) in [7, 11) is 0. The summed E-state index contributed by atoms with van der Waals surface area (Å²) in [6.45, 7) is -0.557. The van der Waals surface area contributed by atoms with Gasteiger partial charge < -0.3 is 10.8 Å². The van der Waals surface area contributed by atoms with Crippen molar-refractivity contribution in [1.29, 1.82) is 0 Å². The first-order valence-corrected chi connectivity index (χ1v) is 2.00. The first-order valence-electron chi connectivity index (χ1n) is 2.00. The van der Waals surface area contributed by atoms with Gasteiger partial charge in [-0.05, 0) is 0 Å². The third kappa shape index (κ3) is 1.70. The van der Waals surface area contributed by atoms with E-state index >= 15 is 0 Å². The van der Waals surface area contributed by atoms with Gasteiger partial charge in [-0.25, -0.2) is 0 Å². The third-order valence-electron chi connectivity index (χ3n) is 0.668. The van der Waals surface area contributed by atoms with E-state index in [2.05, 4.69) is 5.73 Å². The molecule has 1 atom stereocenters. The molecule has 4 heteroatoms. The molecule has 1 amide bonds. The van der Waals surface area contributed by atoms with Gasteiger partial charge in [-0.2, -0.15) is 0 Å². The molecular weight excluding hydrogens is 110 g/mol. The number of aliphatic hydroxyl groups is 1. The maximum atomic E-state index is 9.96. The Hall–Kier alpha value is -0.900. The van der Waals surface area contributed by atoms with Crippen molar-refractivity contribution < 1.29 is 14.7 Å². The van der Waals surface area contributed by atoms with Crippen LogP contribution in [-0.4, -0.2) is 23.9 Å². The average molecular weight is 116 g/mol. The number of amides is 1. The van der Waals surface area contributed by atoms with E-state index < -0.39 is 18.4 Å². The van der Waals surface area contributed by atoms with Crippen LogP contribution in [0.4, 0.5) is 0 Å². The highest BCUT2D eigenvalue weighted by atomic mass is 16.3. The second-order valence-electron chi connectivity index (χ2n) is 1.26. The minimum atomic E-state index is -1.16. The SMILES string of the molecule is NC(=O)C([C]=O)CO. The van der Waals surface area contributed by atoms with Gasteiger partial charge in [0.05, 0.1) is 6.61 Å². The summed E-state index contributed by atoms with van der Waals surface area (Å²) in [5.41, 5.74) is 4.60. The molecule has 45 valence electrons. The van der Waals surface area contributed by atoms with Crippen molar-refractivity contribution in [2.24, 2.45) is 11.7 Å². The monoisotopic (exact) mass is 116 g/mol. The van der Waals surface area contributed by atoms with E-state index in [1.54, 1.807) is 0 Å². The van der Waals surface area contributed by atoms with Gasteiger partial charge in [0.25, 0.3) is 0 Å². The summed E-state index contributed by atoms with van der Waals surface area (Å²) in [6, 6.07) is 0. The Labute approximate surface area is 46.3 Å². The first kappa shape index (κ1) is 7.10. The van der Waals surface area contributed by atoms with E-state index in [1.807, 2.05) is 0 Å². The maximum Gasteiger partial charge on any atom is 0.230 e. The molecule has 0 aliphatic rings. The molecule has 0 aliphatic carbocycles. The van der Waals surface area contributed by atoms with Crippen LogP contribution in [0, 0.1) is 5.92 Å². The Morgan fingerprint density at radius 3 is 2.38 bits per heavy atom. The van der Waals surface area contributed by atoms with Crippen molar-refractivity contribution >= 4 is 12.2 Å². The Balaban J connectivity index is 3.69. The van der Waals surface area contributed by atoms with Crippen molar-refractivity contribution in [3.8, 4) is 0 Å². The van der Waals surface area contributed by atoms with Gasteiger partial charge in [0.1, 0.15) is 5.92 Å². The second-order valence-corrected chi connectivity index (χ2v) is 1.26. The molecule has 0 rings (SSSR count). The Bertz CT molecular complexity index is 101. The number of carbonyl (C=O) groups excluding carboxylic acids is 2. The summed E-state index contributed by atoms with van der Waals surface area (Å²) >= 11 is 0. The minimum Gasteiger partial charge on any atom is -0.395 e. The van der Waals surface area contributed by atoms with E-state index in [4.69, 9.17) is 5.11 Å². The van der Waals surface area contributed by atoms with E-state index in [0.29, 0.717) is 0 Å². The molecule has 3 N–H and O–H groups in total. The molecule has 0 saturated heterocycles.